The van der Waals surface area contributed by atoms with Gasteiger partial charge >= 0.3 is 6.36 Å². The van der Waals surface area contributed by atoms with Crippen LogP contribution in [0.4, 0.5) is 13.2 Å². The third-order valence-corrected chi connectivity index (χ3v) is 4.34. The SMILES string of the molecule is O=c1c2ccccc2c2ccccc2c(=O)n1-c1ccc(OC(F)(F)F)cc1. The highest BCUT2D eigenvalue weighted by molar-refractivity contribution is 6.05. The highest BCUT2D eigenvalue weighted by atomic mass is 19.4. The van der Waals surface area contributed by atoms with E-state index in [0.717, 1.165) is 16.7 Å². The highest BCUT2D eigenvalue weighted by Crippen LogP contribution is 2.24. The van der Waals surface area contributed by atoms with Crippen molar-refractivity contribution < 1.29 is 17.9 Å². The van der Waals surface area contributed by atoms with Gasteiger partial charge in [-0.05, 0) is 47.2 Å². The monoisotopic (exact) mass is 383 g/mol. The van der Waals surface area contributed by atoms with Crippen LogP contribution in [0.5, 0.6) is 5.75 Å². The quantitative estimate of drug-likeness (QED) is 0.515. The van der Waals surface area contributed by atoms with Gasteiger partial charge in [-0.3, -0.25) is 9.59 Å². The lowest BCUT2D eigenvalue weighted by Gasteiger charge is -2.09. The van der Waals surface area contributed by atoms with Gasteiger partial charge in [0.2, 0.25) is 0 Å². The summed E-state index contributed by atoms with van der Waals surface area (Å²) in [6.07, 6.45) is -4.83. The van der Waals surface area contributed by atoms with Crippen molar-refractivity contribution in [1.29, 1.82) is 0 Å². The van der Waals surface area contributed by atoms with Gasteiger partial charge in [0.1, 0.15) is 5.75 Å². The van der Waals surface area contributed by atoms with Crippen LogP contribution in [0.1, 0.15) is 0 Å². The number of aromatic nitrogens is 1. The van der Waals surface area contributed by atoms with Crippen molar-refractivity contribution in [3.05, 3.63) is 93.5 Å². The molecule has 140 valence electrons. The molecule has 0 fully saturated rings. The van der Waals surface area contributed by atoms with E-state index in [1.807, 2.05) is 0 Å². The standard InChI is InChI=1S/C21H12F3NO3/c22-21(23,24)28-14-11-9-13(10-12-14)25-19(26)17-7-3-1-5-15(17)16-6-2-4-8-18(16)20(25)27/h1-12H. The van der Waals surface area contributed by atoms with E-state index in [9.17, 15) is 22.8 Å². The molecule has 0 spiro atoms. The summed E-state index contributed by atoms with van der Waals surface area (Å²) >= 11 is 0. The van der Waals surface area contributed by atoms with Crippen LogP contribution in [-0.2, 0) is 0 Å². The van der Waals surface area contributed by atoms with Crippen LogP contribution >= 0.6 is 0 Å². The predicted molar refractivity (Wildman–Crippen MR) is 100 cm³/mol. The van der Waals surface area contributed by atoms with E-state index >= 15 is 0 Å². The van der Waals surface area contributed by atoms with Crippen LogP contribution in [0.2, 0.25) is 0 Å². The number of alkyl halides is 3. The number of benzene rings is 3. The number of fused-ring (bicyclic) bond motifs is 3. The molecule has 4 nitrogen and oxygen atoms in total. The van der Waals surface area contributed by atoms with Crippen LogP contribution in [0.15, 0.2) is 82.4 Å². The molecule has 4 rings (SSSR count). The van der Waals surface area contributed by atoms with Crippen molar-refractivity contribution in [2.45, 2.75) is 6.36 Å². The number of hydrogen-bond acceptors (Lipinski definition) is 3. The zero-order chi connectivity index (χ0) is 19.9. The molecular weight excluding hydrogens is 371 g/mol. The second kappa shape index (κ2) is 6.53. The number of nitrogens with zero attached hydrogens (tertiary/aromatic N) is 1. The van der Waals surface area contributed by atoms with Crippen LogP contribution in [0.25, 0.3) is 27.2 Å². The summed E-state index contributed by atoms with van der Waals surface area (Å²) in [7, 11) is 0. The molecule has 0 atom stereocenters. The molecule has 3 aromatic carbocycles. The van der Waals surface area contributed by atoms with Gasteiger partial charge in [-0.1, -0.05) is 36.4 Å². The molecule has 1 aromatic heterocycles. The topological polar surface area (TPSA) is 48.3 Å². The second-order valence-corrected chi connectivity index (χ2v) is 6.08. The molecule has 1 heterocycles. The number of hydrogen-bond donors (Lipinski definition) is 0. The fourth-order valence-electron chi connectivity index (χ4n) is 3.17. The lowest BCUT2D eigenvalue weighted by Crippen LogP contribution is -2.28. The third kappa shape index (κ3) is 3.11. The van der Waals surface area contributed by atoms with Gasteiger partial charge in [-0.2, -0.15) is 0 Å². The number of ether oxygens (including phenoxy) is 1. The van der Waals surface area contributed by atoms with E-state index in [-0.39, 0.29) is 5.69 Å². The Bertz CT molecular complexity index is 1240. The average molecular weight is 383 g/mol. The molecule has 0 amide bonds. The van der Waals surface area contributed by atoms with E-state index in [1.54, 1.807) is 48.5 Å². The van der Waals surface area contributed by atoms with Gasteiger partial charge in [0.05, 0.1) is 5.69 Å². The van der Waals surface area contributed by atoms with E-state index in [2.05, 4.69) is 4.74 Å². The minimum absolute atomic E-state index is 0.149. The molecule has 28 heavy (non-hydrogen) atoms. The Labute approximate surface area is 156 Å². The molecular formula is C21H12F3NO3. The summed E-state index contributed by atoms with van der Waals surface area (Å²) in [6.45, 7) is 0. The van der Waals surface area contributed by atoms with Crippen LogP contribution < -0.4 is 15.9 Å². The van der Waals surface area contributed by atoms with Crippen LogP contribution in [0.3, 0.4) is 0 Å². The van der Waals surface area contributed by atoms with Gasteiger partial charge in [0, 0.05) is 10.8 Å². The maximum atomic E-state index is 13.1. The minimum Gasteiger partial charge on any atom is -0.406 e. The molecule has 0 aliphatic rings. The summed E-state index contributed by atoms with van der Waals surface area (Å²) in [5.41, 5.74) is -0.960. The van der Waals surface area contributed by atoms with Crippen LogP contribution in [0, 0.1) is 0 Å². The number of rotatable bonds is 2. The minimum atomic E-state index is -4.83. The zero-order valence-corrected chi connectivity index (χ0v) is 14.2. The molecule has 0 bridgehead atoms. The first-order chi connectivity index (χ1) is 13.3. The molecule has 0 saturated heterocycles. The fourth-order valence-corrected chi connectivity index (χ4v) is 3.17. The van der Waals surface area contributed by atoms with E-state index in [0.29, 0.717) is 21.5 Å². The first kappa shape index (κ1) is 17.8. The number of halogens is 3. The van der Waals surface area contributed by atoms with Crippen molar-refractivity contribution in [1.82, 2.24) is 4.57 Å². The summed E-state index contributed by atoms with van der Waals surface area (Å²) in [4.78, 5) is 26.2. The second-order valence-electron chi connectivity index (χ2n) is 6.08. The van der Waals surface area contributed by atoms with Gasteiger partial charge in [-0.15, -0.1) is 13.2 Å². The van der Waals surface area contributed by atoms with Gasteiger partial charge in [-0.25, -0.2) is 4.57 Å². The average Bonchev–Trinajstić information content (AvgIpc) is 2.76. The van der Waals surface area contributed by atoms with Crippen molar-refractivity contribution in [3.63, 3.8) is 0 Å². The van der Waals surface area contributed by atoms with Gasteiger partial charge in [0.15, 0.2) is 0 Å². The molecule has 0 aliphatic carbocycles. The molecule has 0 radical (unpaired) electrons. The normalized spacial score (nSPS) is 11.7. The molecule has 7 heteroatoms. The van der Waals surface area contributed by atoms with Crippen molar-refractivity contribution in [2.24, 2.45) is 0 Å². The molecule has 0 saturated carbocycles. The highest BCUT2D eigenvalue weighted by Gasteiger charge is 2.31. The van der Waals surface area contributed by atoms with Crippen molar-refractivity contribution >= 4 is 21.5 Å². The maximum Gasteiger partial charge on any atom is 0.573 e. The first-order valence-corrected chi connectivity index (χ1v) is 8.28. The van der Waals surface area contributed by atoms with Gasteiger partial charge < -0.3 is 4.74 Å². The Hall–Kier alpha value is -3.61. The Kier molecular flexibility index (Phi) is 4.15. The summed E-state index contributed by atoms with van der Waals surface area (Å²) in [6, 6.07) is 18.3. The predicted octanol–water partition coefficient (Wildman–Crippen LogP) is 4.40. The van der Waals surface area contributed by atoms with E-state index in [1.165, 1.54) is 12.1 Å². The maximum absolute atomic E-state index is 13.1. The zero-order valence-electron chi connectivity index (χ0n) is 14.2. The first-order valence-electron chi connectivity index (χ1n) is 8.28. The lowest BCUT2D eigenvalue weighted by atomic mass is 10.1. The Balaban J connectivity index is 2.05. The fraction of sp³-hybridized carbons (Fsp3) is 0.0476. The smallest absolute Gasteiger partial charge is 0.406 e. The van der Waals surface area contributed by atoms with E-state index < -0.39 is 23.2 Å². The lowest BCUT2D eigenvalue weighted by molar-refractivity contribution is -0.274. The van der Waals surface area contributed by atoms with Crippen molar-refractivity contribution in [2.75, 3.05) is 0 Å². The van der Waals surface area contributed by atoms with Crippen LogP contribution in [-0.4, -0.2) is 10.9 Å². The largest absolute Gasteiger partial charge is 0.573 e. The Morgan fingerprint density at radius 1 is 0.643 bits per heavy atom. The van der Waals surface area contributed by atoms with E-state index in [4.69, 9.17) is 0 Å². The third-order valence-electron chi connectivity index (χ3n) is 4.34. The summed E-state index contributed by atoms with van der Waals surface area (Å²) in [5, 5.41) is 1.90. The molecule has 0 unspecified atom stereocenters. The Morgan fingerprint density at radius 2 is 1.07 bits per heavy atom. The molecule has 0 N–H and O–H groups in total. The van der Waals surface area contributed by atoms with Gasteiger partial charge in [0.25, 0.3) is 11.1 Å². The van der Waals surface area contributed by atoms with Crippen molar-refractivity contribution in [3.8, 4) is 11.4 Å². The summed E-state index contributed by atoms with van der Waals surface area (Å²) in [5.74, 6) is -0.438. The molecule has 0 aliphatic heterocycles. The Morgan fingerprint density at radius 3 is 1.50 bits per heavy atom. The summed E-state index contributed by atoms with van der Waals surface area (Å²) < 4.78 is 41.9. The molecule has 4 aromatic rings.